The average Bonchev–Trinajstić information content (AvgIpc) is 2.85. The summed E-state index contributed by atoms with van der Waals surface area (Å²) in [5.41, 5.74) is 0.480. The fourth-order valence-corrected chi connectivity index (χ4v) is 3.56. The van der Waals surface area contributed by atoms with Crippen LogP contribution in [0.15, 0.2) is 48.5 Å². The van der Waals surface area contributed by atoms with Crippen molar-refractivity contribution in [1.29, 1.82) is 0 Å². The van der Waals surface area contributed by atoms with Crippen LogP contribution in [0.1, 0.15) is 20.7 Å². The molecule has 3 rings (SSSR count). The minimum absolute atomic E-state index is 0.151. The first-order valence-electron chi connectivity index (χ1n) is 7.49. The zero-order valence-corrected chi connectivity index (χ0v) is 14.1. The summed E-state index contributed by atoms with van der Waals surface area (Å²) in [7, 11) is -3.86. The second-order valence-electron chi connectivity index (χ2n) is 5.53. The zero-order chi connectivity index (χ0) is 18.9. The van der Waals surface area contributed by atoms with E-state index in [0.29, 0.717) is 0 Å². The number of nitrogens with one attached hydrogen (secondary N) is 1. The Bertz CT molecular complexity index is 966. The molecule has 2 aromatic carbocycles. The number of amides is 2. The van der Waals surface area contributed by atoms with E-state index in [1.165, 1.54) is 36.4 Å². The second kappa shape index (κ2) is 6.56. The highest BCUT2D eigenvalue weighted by molar-refractivity contribution is 7.92. The normalized spacial score (nSPS) is 13.6. The van der Waals surface area contributed by atoms with Gasteiger partial charge in [-0.1, -0.05) is 12.1 Å². The number of carbonyl (C=O) groups is 2. The zero-order valence-electron chi connectivity index (χ0n) is 13.3. The monoisotopic (exact) mass is 375 g/mol. The molecule has 1 N–H and O–H groups in total. The van der Waals surface area contributed by atoms with Gasteiger partial charge in [0.05, 0.1) is 21.8 Å². The number of nitro groups is 1. The highest BCUT2D eigenvalue weighted by Gasteiger charge is 2.35. The van der Waals surface area contributed by atoms with Gasteiger partial charge in [-0.2, -0.15) is 0 Å². The number of benzene rings is 2. The van der Waals surface area contributed by atoms with Gasteiger partial charge in [-0.05, 0) is 24.3 Å². The summed E-state index contributed by atoms with van der Waals surface area (Å²) in [5.74, 6) is -1.55. The van der Waals surface area contributed by atoms with Crippen molar-refractivity contribution in [2.45, 2.75) is 0 Å². The van der Waals surface area contributed by atoms with Crippen LogP contribution in [-0.4, -0.2) is 42.4 Å². The van der Waals surface area contributed by atoms with Crippen molar-refractivity contribution < 1.29 is 22.9 Å². The van der Waals surface area contributed by atoms with Gasteiger partial charge in [0.1, 0.15) is 0 Å². The van der Waals surface area contributed by atoms with Crippen LogP contribution in [0.3, 0.4) is 0 Å². The molecule has 0 aromatic heterocycles. The number of sulfonamides is 1. The topological polar surface area (TPSA) is 127 Å². The van der Waals surface area contributed by atoms with Crippen molar-refractivity contribution >= 4 is 33.2 Å². The number of fused-ring (bicyclic) bond motifs is 1. The standard InChI is InChI=1S/C16H13N3O6S/c20-15-13-3-1-2-4-14(13)16(21)18(15)9-10-26(24,25)17-11-5-7-12(8-6-11)19(22)23/h1-8,17H,9-10H2. The van der Waals surface area contributed by atoms with Crippen LogP contribution < -0.4 is 4.72 Å². The minimum Gasteiger partial charge on any atom is -0.283 e. The van der Waals surface area contributed by atoms with Gasteiger partial charge in [0.25, 0.3) is 17.5 Å². The van der Waals surface area contributed by atoms with Gasteiger partial charge in [-0.15, -0.1) is 0 Å². The molecule has 0 fully saturated rings. The minimum atomic E-state index is -3.86. The Morgan fingerprint density at radius 2 is 1.50 bits per heavy atom. The predicted molar refractivity (Wildman–Crippen MR) is 92.3 cm³/mol. The van der Waals surface area contributed by atoms with Gasteiger partial charge in [-0.3, -0.25) is 29.3 Å². The molecule has 0 unspecified atom stereocenters. The molecule has 0 bridgehead atoms. The number of non-ortho nitro benzene ring substituents is 1. The number of rotatable bonds is 6. The smallest absolute Gasteiger partial charge is 0.269 e. The number of hydrogen-bond donors (Lipinski definition) is 1. The van der Waals surface area contributed by atoms with E-state index in [1.807, 2.05) is 0 Å². The molecule has 0 spiro atoms. The van der Waals surface area contributed by atoms with E-state index in [1.54, 1.807) is 12.1 Å². The molecule has 2 amide bonds. The molecular weight excluding hydrogens is 362 g/mol. The quantitative estimate of drug-likeness (QED) is 0.464. The van der Waals surface area contributed by atoms with E-state index in [9.17, 15) is 28.1 Å². The number of hydrogen-bond acceptors (Lipinski definition) is 6. The first kappa shape index (κ1) is 17.5. The van der Waals surface area contributed by atoms with Crippen molar-refractivity contribution in [2.24, 2.45) is 0 Å². The average molecular weight is 375 g/mol. The lowest BCUT2D eigenvalue weighted by Crippen LogP contribution is -2.35. The molecule has 1 heterocycles. The maximum absolute atomic E-state index is 12.2. The maximum atomic E-state index is 12.2. The van der Waals surface area contributed by atoms with E-state index in [4.69, 9.17) is 0 Å². The summed E-state index contributed by atoms with van der Waals surface area (Å²) in [6.45, 7) is -0.297. The Balaban J connectivity index is 1.66. The summed E-state index contributed by atoms with van der Waals surface area (Å²) in [6, 6.07) is 11.1. The van der Waals surface area contributed by atoms with Gasteiger partial charge in [-0.25, -0.2) is 8.42 Å². The van der Waals surface area contributed by atoms with Gasteiger partial charge in [0, 0.05) is 24.4 Å². The number of nitrogens with zero attached hydrogens (tertiary/aromatic N) is 2. The van der Waals surface area contributed by atoms with Crippen molar-refractivity contribution in [3.05, 3.63) is 69.8 Å². The lowest BCUT2D eigenvalue weighted by molar-refractivity contribution is -0.384. The van der Waals surface area contributed by atoms with Gasteiger partial charge >= 0.3 is 0 Å². The number of nitro benzene ring substituents is 1. The van der Waals surface area contributed by atoms with Crippen LogP contribution >= 0.6 is 0 Å². The maximum Gasteiger partial charge on any atom is 0.269 e. The summed E-state index contributed by atoms with van der Waals surface area (Å²) < 4.78 is 26.6. The first-order valence-corrected chi connectivity index (χ1v) is 9.14. The Morgan fingerprint density at radius 3 is 2.00 bits per heavy atom. The molecule has 0 saturated heterocycles. The lowest BCUT2D eigenvalue weighted by Gasteiger charge is -2.14. The fraction of sp³-hybridized carbons (Fsp3) is 0.125. The van der Waals surface area contributed by atoms with Crippen LogP contribution in [-0.2, 0) is 10.0 Å². The molecule has 1 aliphatic heterocycles. The van der Waals surface area contributed by atoms with Crippen LogP contribution in [0, 0.1) is 10.1 Å². The SMILES string of the molecule is O=C1c2ccccc2C(=O)N1CCS(=O)(=O)Nc1ccc([N+](=O)[O-])cc1. The van der Waals surface area contributed by atoms with Gasteiger partial charge < -0.3 is 0 Å². The van der Waals surface area contributed by atoms with Crippen LogP contribution in [0.25, 0.3) is 0 Å². The van der Waals surface area contributed by atoms with Crippen LogP contribution in [0.2, 0.25) is 0 Å². The fourth-order valence-electron chi connectivity index (χ4n) is 2.54. The van der Waals surface area contributed by atoms with Gasteiger partial charge in [0.15, 0.2) is 0 Å². The lowest BCUT2D eigenvalue weighted by atomic mass is 10.1. The highest BCUT2D eigenvalue weighted by Crippen LogP contribution is 2.22. The molecule has 0 atom stereocenters. The first-order chi connectivity index (χ1) is 12.3. The molecule has 134 valence electrons. The third-order valence-electron chi connectivity index (χ3n) is 3.81. The third kappa shape index (κ3) is 3.40. The van der Waals surface area contributed by atoms with E-state index in [0.717, 1.165) is 4.90 Å². The molecule has 26 heavy (non-hydrogen) atoms. The third-order valence-corrected chi connectivity index (χ3v) is 5.08. The van der Waals surface area contributed by atoms with Crippen molar-refractivity contribution in [3.8, 4) is 0 Å². The Kier molecular flexibility index (Phi) is 4.43. The summed E-state index contributed by atoms with van der Waals surface area (Å²) in [4.78, 5) is 35.3. The van der Waals surface area contributed by atoms with Crippen LogP contribution in [0.5, 0.6) is 0 Å². The van der Waals surface area contributed by atoms with Crippen molar-refractivity contribution in [1.82, 2.24) is 4.90 Å². The van der Waals surface area contributed by atoms with Crippen LogP contribution in [0.4, 0.5) is 11.4 Å². The number of carbonyl (C=O) groups excluding carboxylic acids is 2. The van der Waals surface area contributed by atoms with Gasteiger partial charge in [0.2, 0.25) is 10.0 Å². The molecular formula is C16H13N3O6S. The van der Waals surface area contributed by atoms with Crippen molar-refractivity contribution in [3.63, 3.8) is 0 Å². The molecule has 0 radical (unpaired) electrons. The second-order valence-corrected chi connectivity index (χ2v) is 7.37. The number of anilines is 1. The summed E-state index contributed by atoms with van der Waals surface area (Å²) in [5, 5.41) is 10.6. The number of imide groups is 1. The van der Waals surface area contributed by atoms with E-state index in [-0.39, 0.29) is 29.0 Å². The molecule has 10 heteroatoms. The summed E-state index contributed by atoms with van der Waals surface area (Å²) in [6.07, 6.45) is 0. The summed E-state index contributed by atoms with van der Waals surface area (Å²) >= 11 is 0. The van der Waals surface area contributed by atoms with E-state index >= 15 is 0 Å². The van der Waals surface area contributed by atoms with E-state index < -0.39 is 32.5 Å². The van der Waals surface area contributed by atoms with E-state index in [2.05, 4.69) is 4.72 Å². The molecule has 9 nitrogen and oxygen atoms in total. The van der Waals surface area contributed by atoms with Crippen molar-refractivity contribution in [2.75, 3.05) is 17.0 Å². The largest absolute Gasteiger partial charge is 0.283 e. The predicted octanol–water partition coefficient (Wildman–Crippen LogP) is 1.63. The highest BCUT2D eigenvalue weighted by atomic mass is 32.2. The Morgan fingerprint density at radius 1 is 0.962 bits per heavy atom. The molecule has 1 aliphatic rings. The Hall–Kier alpha value is -3.27. The Labute approximate surface area is 148 Å². The molecule has 0 aliphatic carbocycles. The molecule has 2 aromatic rings. The molecule has 0 saturated carbocycles.